The summed E-state index contributed by atoms with van der Waals surface area (Å²) in [4.78, 5) is 28.6. The first-order chi connectivity index (χ1) is 14.6. The molecule has 0 aromatic carbocycles. The molecule has 0 amide bonds. The number of fused-ring (bicyclic) bond motifs is 1. The summed E-state index contributed by atoms with van der Waals surface area (Å²) in [6, 6.07) is -2.13. The van der Waals surface area contributed by atoms with Crippen LogP contribution in [-0.2, 0) is 0 Å². The van der Waals surface area contributed by atoms with Gasteiger partial charge in [-0.25, -0.2) is 26.7 Å². The molecule has 3 aliphatic rings. The lowest BCUT2D eigenvalue weighted by Gasteiger charge is -2.35. The summed E-state index contributed by atoms with van der Waals surface area (Å²) in [5.74, 6) is -0.324. The second-order valence-corrected chi connectivity index (χ2v) is 8.70. The van der Waals surface area contributed by atoms with Gasteiger partial charge in [-0.3, -0.25) is 19.2 Å². The Kier molecular flexibility index (Phi) is 5.84. The Balaban J connectivity index is 1.84. The Hall–Kier alpha value is -2.01. The Morgan fingerprint density at radius 2 is 1.84 bits per heavy atom. The van der Waals surface area contributed by atoms with Crippen LogP contribution in [-0.4, -0.2) is 58.6 Å². The SMILES string of the molecule is CC1=c2c(c(=O)[nH]c(=O)n2C2CC2)=C(C(F)F)C(F)C1N1CCC(C(N)CC(F)F)C1. The lowest BCUT2D eigenvalue weighted by molar-refractivity contribution is 0.116. The Morgan fingerprint density at radius 3 is 2.42 bits per heavy atom. The molecule has 4 unspecified atom stereocenters. The van der Waals surface area contributed by atoms with E-state index in [4.69, 9.17) is 5.73 Å². The van der Waals surface area contributed by atoms with E-state index < -0.39 is 59.6 Å². The first-order valence-electron chi connectivity index (χ1n) is 10.4. The minimum atomic E-state index is -3.23. The molecular formula is C20H25F5N4O2. The molecule has 2 heterocycles. The van der Waals surface area contributed by atoms with Gasteiger partial charge in [0.1, 0.15) is 6.17 Å². The van der Waals surface area contributed by atoms with Crippen molar-refractivity contribution in [2.75, 3.05) is 13.1 Å². The van der Waals surface area contributed by atoms with Crippen LogP contribution in [0.4, 0.5) is 22.0 Å². The fourth-order valence-electron chi connectivity index (χ4n) is 5.06. The number of nitrogens with one attached hydrogen (secondary N) is 1. The van der Waals surface area contributed by atoms with E-state index in [9.17, 15) is 27.2 Å². The highest BCUT2D eigenvalue weighted by molar-refractivity contribution is 5.65. The van der Waals surface area contributed by atoms with E-state index in [1.54, 1.807) is 11.8 Å². The normalized spacial score (nSPS) is 28.0. The number of H-pyrrole nitrogens is 1. The quantitative estimate of drug-likeness (QED) is 0.621. The van der Waals surface area contributed by atoms with Crippen LogP contribution in [0.5, 0.6) is 0 Å². The molecule has 6 nitrogen and oxygen atoms in total. The molecule has 1 aliphatic heterocycles. The van der Waals surface area contributed by atoms with Crippen molar-refractivity contribution < 1.29 is 22.0 Å². The van der Waals surface area contributed by atoms with E-state index >= 15 is 4.39 Å². The van der Waals surface area contributed by atoms with Crippen LogP contribution in [0.2, 0.25) is 0 Å². The molecule has 0 radical (unpaired) electrons. The third-order valence-corrected chi connectivity index (χ3v) is 6.68. The number of nitrogens with zero attached hydrogens (tertiary/aromatic N) is 2. The van der Waals surface area contributed by atoms with E-state index in [1.165, 1.54) is 4.57 Å². The van der Waals surface area contributed by atoms with Gasteiger partial charge in [0.15, 0.2) is 0 Å². The largest absolute Gasteiger partial charge is 0.329 e. The smallest absolute Gasteiger partial charge is 0.327 e. The first-order valence-corrected chi connectivity index (χ1v) is 10.4. The van der Waals surface area contributed by atoms with Gasteiger partial charge >= 0.3 is 5.69 Å². The second-order valence-electron chi connectivity index (χ2n) is 8.70. The Bertz CT molecular complexity index is 1090. The minimum Gasteiger partial charge on any atom is -0.327 e. The van der Waals surface area contributed by atoms with Crippen LogP contribution in [0.25, 0.3) is 11.1 Å². The topological polar surface area (TPSA) is 84.1 Å². The van der Waals surface area contributed by atoms with Gasteiger partial charge in [0, 0.05) is 30.6 Å². The van der Waals surface area contributed by atoms with E-state index in [2.05, 4.69) is 4.98 Å². The van der Waals surface area contributed by atoms with Gasteiger partial charge in [-0.05, 0) is 44.2 Å². The number of aromatic nitrogens is 2. The minimum absolute atomic E-state index is 0.0609. The van der Waals surface area contributed by atoms with Crippen molar-refractivity contribution in [3.05, 3.63) is 31.4 Å². The number of aromatic amines is 1. The van der Waals surface area contributed by atoms with Gasteiger partial charge in [-0.2, -0.15) is 0 Å². The van der Waals surface area contributed by atoms with Crippen molar-refractivity contribution in [1.82, 2.24) is 14.5 Å². The molecule has 2 fully saturated rings. The molecule has 31 heavy (non-hydrogen) atoms. The molecule has 172 valence electrons. The summed E-state index contributed by atoms with van der Waals surface area (Å²) >= 11 is 0. The molecular weight excluding hydrogens is 423 g/mol. The molecule has 1 aromatic rings. The molecule has 1 saturated heterocycles. The Labute approximate surface area is 174 Å². The van der Waals surface area contributed by atoms with Crippen LogP contribution in [0.3, 0.4) is 0 Å². The number of nitrogens with two attached hydrogens (primary N) is 1. The molecule has 3 N–H and O–H groups in total. The second kappa shape index (κ2) is 8.16. The number of hydrogen-bond acceptors (Lipinski definition) is 4. The van der Waals surface area contributed by atoms with E-state index in [1.807, 2.05) is 0 Å². The van der Waals surface area contributed by atoms with Gasteiger partial charge in [0.25, 0.3) is 12.0 Å². The average Bonchev–Trinajstić information content (AvgIpc) is 3.38. The lowest BCUT2D eigenvalue weighted by atomic mass is 9.89. The third kappa shape index (κ3) is 3.86. The molecule has 1 aromatic heterocycles. The zero-order valence-electron chi connectivity index (χ0n) is 17.0. The molecule has 0 bridgehead atoms. The maximum Gasteiger partial charge on any atom is 0.329 e. The number of rotatable bonds is 6. The lowest BCUT2D eigenvalue weighted by Crippen LogP contribution is -2.62. The first kappa shape index (κ1) is 22.2. The molecule has 11 heteroatoms. The summed E-state index contributed by atoms with van der Waals surface area (Å²) in [5.41, 5.74) is 3.55. The van der Waals surface area contributed by atoms with Crippen molar-refractivity contribution in [3.8, 4) is 0 Å². The van der Waals surface area contributed by atoms with E-state index in [0.29, 0.717) is 31.4 Å². The van der Waals surface area contributed by atoms with Gasteiger partial charge in [-0.15, -0.1) is 0 Å². The van der Waals surface area contributed by atoms with Crippen LogP contribution >= 0.6 is 0 Å². The van der Waals surface area contributed by atoms with Crippen LogP contribution < -0.4 is 27.6 Å². The van der Waals surface area contributed by atoms with Crippen molar-refractivity contribution >= 4 is 11.1 Å². The average molecular weight is 448 g/mol. The summed E-state index contributed by atoms with van der Waals surface area (Å²) in [5, 5.41) is -0.404. The van der Waals surface area contributed by atoms with Gasteiger partial charge < -0.3 is 5.73 Å². The number of halogens is 5. The van der Waals surface area contributed by atoms with Crippen molar-refractivity contribution in [3.63, 3.8) is 0 Å². The van der Waals surface area contributed by atoms with Crippen LogP contribution in [0.1, 0.15) is 38.6 Å². The Morgan fingerprint density at radius 1 is 1.16 bits per heavy atom. The predicted octanol–water partition coefficient (Wildman–Crippen LogP) is 0.483. The number of hydrogen-bond donors (Lipinski definition) is 2. The van der Waals surface area contributed by atoms with Crippen molar-refractivity contribution in [1.29, 1.82) is 0 Å². The van der Waals surface area contributed by atoms with Crippen LogP contribution in [0, 0.1) is 5.92 Å². The molecule has 2 aliphatic carbocycles. The highest BCUT2D eigenvalue weighted by atomic mass is 19.3. The monoisotopic (exact) mass is 448 g/mol. The van der Waals surface area contributed by atoms with Gasteiger partial charge in [0.05, 0.1) is 16.6 Å². The zero-order chi connectivity index (χ0) is 22.6. The fraction of sp³-hybridized carbons (Fsp3) is 0.700. The molecule has 4 rings (SSSR count). The standard InChI is InChI=1S/C20H25F5N4O2/c1-8-16-14(19(30)27-20(31)29(16)10-2-3-10)13(18(24)25)15(23)17(8)28-5-4-9(7-28)11(26)6-12(21)22/h9-12,15,17-18H,2-7,26H2,1H3,(H,27,30,31). The molecule has 1 saturated carbocycles. The van der Waals surface area contributed by atoms with Crippen molar-refractivity contribution in [2.24, 2.45) is 11.7 Å². The summed E-state index contributed by atoms with van der Waals surface area (Å²) < 4.78 is 70.2. The number of likely N-dealkylation sites (tertiary alicyclic amines) is 1. The van der Waals surface area contributed by atoms with Crippen molar-refractivity contribution in [2.45, 2.75) is 69.8 Å². The summed E-state index contributed by atoms with van der Waals surface area (Å²) in [7, 11) is 0. The van der Waals surface area contributed by atoms with E-state index in [0.717, 1.165) is 0 Å². The highest BCUT2D eigenvalue weighted by Gasteiger charge is 2.43. The molecule has 4 atom stereocenters. The summed E-state index contributed by atoms with van der Waals surface area (Å²) in [6.07, 6.45) is -6.68. The number of alkyl halides is 5. The van der Waals surface area contributed by atoms with Gasteiger partial charge in [0.2, 0.25) is 6.43 Å². The van der Waals surface area contributed by atoms with Gasteiger partial charge in [-0.1, -0.05) is 0 Å². The third-order valence-electron chi connectivity index (χ3n) is 6.68. The molecule has 0 spiro atoms. The van der Waals surface area contributed by atoms with Crippen LogP contribution in [0.15, 0.2) is 9.59 Å². The maximum absolute atomic E-state index is 15.5. The summed E-state index contributed by atoms with van der Waals surface area (Å²) in [6.45, 7) is 2.02. The zero-order valence-corrected chi connectivity index (χ0v) is 17.0. The van der Waals surface area contributed by atoms with E-state index in [-0.39, 0.29) is 23.9 Å². The highest BCUT2D eigenvalue weighted by Crippen LogP contribution is 2.35. The maximum atomic E-state index is 15.5. The fourth-order valence-corrected chi connectivity index (χ4v) is 5.06. The predicted molar refractivity (Wildman–Crippen MR) is 104 cm³/mol.